The number of aromatic nitrogens is 4. The van der Waals surface area contributed by atoms with Crippen molar-refractivity contribution in [1.29, 1.82) is 0 Å². The summed E-state index contributed by atoms with van der Waals surface area (Å²) >= 11 is 0. The molecule has 9 nitrogen and oxygen atoms in total. The second kappa shape index (κ2) is 9.76. The Labute approximate surface area is 214 Å². The molecule has 0 aliphatic heterocycles. The van der Waals surface area contributed by atoms with Crippen LogP contribution in [0.1, 0.15) is 35.6 Å². The maximum atomic E-state index is 14.8. The summed E-state index contributed by atoms with van der Waals surface area (Å²) in [7, 11) is -4.58. The summed E-state index contributed by atoms with van der Waals surface area (Å²) in [5.41, 5.74) is 6.52. The Bertz CT molecular complexity index is 1650. The van der Waals surface area contributed by atoms with Crippen LogP contribution < -0.4 is 10.5 Å². The third-order valence-electron chi connectivity index (χ3n) is 5.87. The zero-order chi connectivity index (χ0) is 28.0. The van der Waals surface area contributed by atoms with E-state index in [2.05, 4.69) is 15.0 Å². The molecule has 1 atom stereocenters. The fraction of sp³-hybridized carbons (Fsp3) is 0.250. The fourth-order valence-corrected chi connectivity index (χ4v) is 5.14. The SMILES string of the molecule is CCc1cc2c(cc1F)c(C(N)=O)c(-c1ccc(S(=O)(=O)N[C@@H](C)C(F)(F)F)cn1)n2-c1ccnc(C)n1. The highest BCUT2D eigenvalue weighted by Gasteiger charge is 2.39. The van der Waals surface area contributed by atoms with Gasteiger partial charge in [-0.25, -0.2) is 22.8 Å². The number of aryl methyl sites for hydroxylation is 2. The molecule has 1 aromatic carbocycles. The summed E-state index contributed by atoms with van der Waals surface area (Å²) in [6, 6.07) is 4.22. The first kappa shape index (κ1) is 27.1. The van der Waals surface area contributed by atoms with E-state index in [4.69, 9.17) is 5.73 Å². The zero-order valence-electron chi connectivity index (χ0n) is 20.3. The molecular formula is C24H22F4N6O3S. The van der Waals surface area contributed by atoms with E-state index in [1.807, 2.05) is 0 Å². The van der Waals surface area contributed by atoms with Crippen molar-refractivity contribution in [3.8, 4) is 17.2 Å². The quantitative estimate of drug-likeness (QED) is 0.336. The maximum Gasteiger partial charge on any atom is 0.404 e. The lowest BCUT2D eigenvalue weighted by Gasteiger charge is -2.17. The summed E-state index contributed by atoms with van der Waals surface area (Å²) in [5, 5.41) is 0.178. The first-order valence-electron chi connectivity index (χ1n) is 11.3. The molecule has 0 aliphatic rings. The molecule has 0 fully saturated rings. The predicted molar refractivity (Wildman–Crippen MR) is 131 cm³/mol. The van der Waals surface area contributed by atoms with Crippen LogP contribution in [0.4, 0.5) is 17.6 Å². The molecule has 38 heavy (non-hydrogen) atoms. The average Bonchev–Trinajstić information content (AvgIpc) is 3.16. The molecule has 0 saturated heterocycles. The second-order valence-electron chi connectivity index (χ2n) is 8.46. The van der Waals surface area contributed by atoms with Crippen molar-refractivity contribution < 1.29 is 30.8 Å². The molecule has 0 radical (unpaired) electrons. The summed E-state index contributed by atoms with van der Waals surface area (Å²) in [6.45, 7) is 4.08. The van der Waals surface area contributed by atoms with E-state index in [1.54, 1.807) is 30.7 Å². The summed E-state index contributed by atoms with van der Waals surface area (Å²) in [6.07, 6.45) is -2.10. The Morgan fingerprint density at radius 2 is 1.89 bits per heavy atom. The molecule has 0 saturated carbocycles. The number of nitrogens with zero attached hydrogens (tertiary/aromatic N) is 4. The molecule has 1 amide bonds. The van der Waals surface area contributed by atoms with Crippen LogP contribution >= 0.6 is 0 Å². The molecule has 3 heterocycles. The molecule has 3 N–H and O–H groups in total. The van der Waals surface area contributed by atoms with E-state index in [0.29, 0.717) is 36.1 Å². The number of carbonyl (C=O) groups excluding carboxylic acids is 1. The molecule has 0 spiro atoms. The van der Waals surface area contributed by atoms with Crippen LogP contribution in [0.3, 0.4) is 0 Å². The zero-order valence-corrected chi connectivity index (χ0v) is 21.2. The first-order valence-corrected chi connectivity index (χ1v) is 12.7. The van der Waals surface area contributed by atoms with Gasteiger partial charge in [0.2, 0.25) is 10.0 Å². The van der Waals surface area contributed by atoms with E-state index in [1.165, 1.54) is 22.9 Å². The molecule has 4 rings (SSSR count). The van der Waals surface area contributed by atoms with Crippen LogP contribution in [0.25, 0.3) is 28.1 Å². The molecule has 0 unspecified atom stereocenters. The van der Waals surface area contributed by atoms with Crippen molar-refractivity contribution >= 4 is 26.8 Å². The maximum absolute atomic E-state index is 14.8. The van der Waals surface area contributed by atoms with Crippen molar-refractivity contribution in [2.24, 2.45) is 5.73 Å². The van der Waals surface area contributed by atoms with Crippen LogP contribution in [0, 0.1) is 12.7 Å². The van der Waals surface area contributed by atoms with E-state index in [9.17, 15) is 30.8 Å². The molecule has 200 valence electrons. The van der Waals surface area contributed by atoms with Gasteiger partial charge in [-0.2, -0.15) is 17.9 Å². The number of carbonyl (C=O) groups is 1. The Morgan fingerprint density at radius 3 is 2.45 bits per heavy atom. The van der Waals surface area contributed by atoms with Crippen LogP contribution in [0.5, 0.6) is 0 Å². The van der Waals surface area contributed by atoms with Gasteiger partial charge in [0.25, 0.3) is 5.91 Å². The van der Waals surface area contributed by atoms with E-state index >= 15 is 0 Å². The fourth-order valence-electron chi connectivity index (χ4n) is 3.97. The summed E-state index contributed by atoms with van der Waals surface area (Å²) < 4.78 is 81.5. The lowest BCUT2D eigenvalue weighted by Crippen LogP contribution is -2.42. The molecule has 0 bridgehead atoms. The Morgan fingerprint density at radius 1 is 1.18 bits per heavy atom. The van der Waals surface area contributed by atoms with Crippen LogP contribution in [0.15, 0.2) is 47.6 Å². The van der Waals surface area contributed by atoms with Gasteiger partial charge in [0, 0.05) is 17.8 Å². The highest BCUT2D eigenvalue weighted by molar-refractivity contribution is 7.89. The van der Waals surface area contributed by atoms with Crippen molar-refractivity contribution in [2.45, 2.75) is 44.3 Å². The minimum atomic E-state index is -4.79. The number of primary amides is 1. The highest BCUT2D eigenvalue weighted by atomic mass is 32.2. The van der Waals surface area contributed by atoms with Crippen molar-refractivity contribution in [2.75, 3.05) is 0 Å². The summed E-state index contributed by atoms with van der Waals surface area (Å²) in [5.74, 6) is -0.757. The topological polar surface area (TPSA) is 133 Å². The van der Waals surface area contributed by atoms with E-state index in [0.717, 1.165) is 12.3 Å². The summed E-state index contributed by atoms with van der Waals surface area (Å²) in [4.78, 5) is 24.7. The van der Waals surface area contributed by atoms with Gasteiger partial charge in [0.05, 0.1) is 22.5 Å². The third kappa shape index (κ3) is 4.96. The predicted octanol–water partition coefficient (Wildman–Crippen LogP) is 3.82. The normalized spacial score (nSPS) is 13.1. The minimum absolute atomic E-state index is 0.0486. The standard InChI is InChI=1S/C24H22F4N6O3S/c1-4-14-9-19-16(10-17(14)25)21(23(29)35)22(34(19)20-7-8-30-13(3)32-20)18-6-5-15(11-31-18)38(36,37)33-12(2)24(26,27)28/h5-12,33H,4H2,1-3H3,(H2,29,35)/t12-/m0/s1. The van der Waals surface area contributed by atoms with Crippen molar-refractivity contribution in [1.82, 2.24) is 24.2 Å². The van der Waals surface area contributed by atoms with Gasteiger partial charge in [0.15, 0.2) is 0 Å². The molecule has 4 aromatic rings. The van der Waals surface area contributed by atoms with Gasteiger partial charge in [-0.1, -0.05) is 6.92 Å². The largest absolute Gasteiger partial charge is 0.404 e. The van der Waals surface area contributed by atoms with E-state index < -0.39 is 38.9 Å². The van der Waals surface area contributed by atoms with Crippen molar-refractivity contribution in [3.05, 3.63) is 65.5 Å². The average molecular weight is 551 g/mol. The van der Waals surface area contributed by atoms with Crippen molar-refractivity contribution in [3.63, 3.8) is 0 Å². The number of benzene rings is 1. The molecule has 0 aliphatic carbocycles. The minimum Gasteiger partial charge on any atom is -0.366 e. The number of alkyl halides is 3. The number of nitrogens with one attached hydrogen (secondary N) is 1. The van der Waals surface area contributed by atoms with Gasteiger partial charge < -0.3 is 5.73 Å². The lowest BCUT2D eigenvalue weighted by molar-refractivity contribution is -0.147. The van der Waals surface area contributed by atoms with Crippen LogP contribution in [-0.4, -0.2) is 46.1 Å². The number of fused-ring (bicyclic) bond motifs is 1. The van der Waals surface area contributed by atoms with Gasteiger partial charge in [0.1, 0.15) is 28.4 Å². The number of hydrogen-bond donors (Lipinski definition) is 2. The Balaban J connectivity index is 1.97. The molecule has 14 heteroatoms. The number of pyridine rings is 1. The lowest BCUT2D eigenvalue weighted by atomic mass is 10.0. The third-order valence-corrected chi connectivity index (χ3v) is 7.39. The number of hydrogen-bond acceptors (Lipinski definition) is 6. The number of sulfonamides is 1. The molecular weight excluding hydrogens is 528 g/mol. The number of nitrogens with two attached hydrogens (primary N) is 1. The van der Waals surface area contributed by atoms with Gasteiger partial charge in [-0.15, -0.1) is 0 Å². The van der Waals surface area contributed by atoms with Crippen LogP contribution in [-0.2, 0) is 16.4 Å². The van der Waals surface area contributed by atoms with Gasteiger partial charge in [-0.3, -0.25) is 14.3 Å². The number of halogens is 4. The second-order valence-corrected chi connectivity index (χ2v) is 10.2. The number of amides is 1. The van der Waals surface area contributed by atoms with Gasteiger partial charge >= 0.3 is 6.18 Å². The first-order chi connectivity index (χ1) is 17.7. The monoisotopic (exact) mass is 550 g/mol. The highest BCUT2D eigenvalue weighted by Crippen LogP contribution is 2.37. The van der Waals surface area contributed by atoms with E-state index in [-0.39, 0.29) is 22.3 Å². The molecule has 3 aromatic heterocycles. The smallest absolute Gasteiger partial charge is 0.366 e. The van der Waals surface area contributed by atoms with Gasteiger partial charge in [-0.05, 0) is 56.2 Å². The Kier molecular flexibility index (Phi) is 6.97. The number of rotatable bonds is 7. The Hall–Kier alpha value is -3.91. The van der Waals surface area contributed by atoms with Crippen LogP contribution in [0.2, 0.25) is 0 Å².